The Labute approximate surface area is 184 Å². The molecule has 0 saturated heterocycles. The summed E-state index contributed by atoms with van der Waals surface area (Å²) in [6.45, 7) is 3.85. The molecule has 1 heterocycles. The summed E-state index contributed by atoms with van der Waals surface area (Å²) in [6, 6.07) is 20.4. The molecule has 30 heavy (non-hydrogen) atoms. The van der Waals surface area contributed by atoms with E-state index in [9.17, 15) is 4.79 Å². The number of benzene rings is 3. The van der Waals surface area contributed by atoms with E-state index in [0.717, 1.165) is 22.4 Å². The number of hydrogen-bond acceptors (Lipinski definition) is 3. The second-order valence-electron chi connectivity index (χ2n) is 6.89. The van der Waals surface area contributed by atoms with Crippen molar-refractivity contribution in [1.82, 2.24) is 14.8 Å². The molecule has 1 amide bonds. The van der Waals surface area contributed by atoms with Crippen LogP contribution in [0.2, 0.25) is 10.0 Å². The molecular weight excluding hydrogens is 419 g/mol. The molecule has 1 aromatic heterocycles. The summed E-state index contributed by atoms with van der Waals surface area (Å²) in [5, 5.41) is 8.45. The molecule has 0 aliphatic carbocycles. The van der Waals surface area contributed by atoms with Crippen LogP contribution in [0.3, 0.4) is 0 Å². The summed E-state index contributed by atoms with van der Waals surface area (Å²) in [4.78, 5) is 17.4. The fourth-order valence-corrected chi connectivity index (χ4v) is 3.37. The van der Waals surface area contributed by atoms with Crippen LogP contribution in [0.5, 0.6) is 0 Å². The lowest BCUT2D eigenvalue weighted by Crippen LogP contribution is -2.14. The van der Waals surface area contributed by atoms with Crippen LogP contribution in [0.4, 0.5) is 5.69 Å². The lowest BCUT2D eigenvalue weighted by atomic mass is 10.2. The summed E-state index contributed by atoms with van der Waals surface area (Å²) in [6.07, 6.45) is 0. The lowest BCUT2D eigenvalue weighted by Gasteiger charge is -2.09. The van der Waals surface area contributed by atoms with Gasteiger partial charge in [0.15, 0.2) is 5.82 Å². The molecule has 7 heteroatoms. The van der Waals surface area contributed by atoms with Crippen molar-refractivity contribution in [3.05, 3.63) is 93.7 Å². The monoisotopic (exact) mass is 436 g/mol. The number of carbonyl (C=O) groups is 1. The molecule has 0 aliphatic heterocycles. The van der Waals surface area contributed by atoms with Gasteiger partial charge in [0, 0.05) is 21.3 Å². The van der Waals surface area contributed by atoms with Crippen LogP contribution in [-0.2, 0) is 0 Å². The van der Waals surface area contributed by atoms with Gasteiger partial charge in [-0.3, -0.25) is 4.79 Å². The van der Waals surface area contributed by atoms with Gasteiger partial charge in [-0.15, -0.1) is 5.10 Å². The van der Waals surface area contributed by atoms with Crippen molar-refractivity contribution in [2.24, 2.45) is 0 Å². The van der Waals surface area contributed by atoms with E-state index in [-0.39, 0.29) is 5.82 Å². The number of nitrogens with one attached hydrogen (secondary N) is 1. The Morgan fingerprint density at radius 2 is 1.67 bits per heavy atom. The highest BCUT2D eigenvalue weighted by molar-refractivity contribution is 6.31. The SMILES string of the molecule is Cc1ccc(NC(=O)c2nc(-c3ccccc3)n(-c3cc(Cl)ccc3C)n2)cc1Cl. The largest absolute Gasteiger partial charge is 0.319 e. The first-order valence-electron chi connectivity index (χ1n) is 9.29. The maximum atomic E-state index is 12.9. The third-order valence-electron chi connectivity index (χ3n) is 4.67. The molecule has 0 aliphatic rings. The molecular formula is C23H18Cl2N4O. The van der Waals surface area contributed by atoms with Crippen LogP contribution in [0.1, 0.15) is 21.7 Å². The molecule has 4 aromatic rings. The van der Waals surface area contributed by atoms with E-state index in [2.05, 4.69) is 15.4 Å². The fraction of sp³-hybridized carbons (Fsp3) is 0.0870. The van der Waals surface area contributed by atoms with E-state index < -0.39 is 5.91 Å². The van der Waals surface area contributed by atoms with Gasteiger partial charge >= 0.3 is 0 Å². The average molecular weight is 437 g/mol. The fourth-order valence-electron chi connectivity index (χ4n) is 3.02. The van der Waals surface area contributed by atoms with Gasteiger partial charge in [0.25, 0.3) is 5.91 Å². The molecule has 4 rings (SSSR count). The number of aryl methyl sites for hydroxylation is 2. The highest BCUT2D eigenvalue weighted by Crippen LogP contribution is 2.26. The Bertz CT molecular complexity index is 1240. The van der Waals surface area contributed by atoms with Crippen molar-refractivity contribution in [2.45, 2.75) is 13.8 Å². The van der Waals surface area contributed by atoms with Gasteiger partial charge in [-0.1, -0.05) is 65.7 Å². The first-order chi connectivity index (χ1) is 14.4. The Morgan fingerprint density at radius 1 is 0.933 bits per heavy atom. The molecule has 0 fully saturated rings. The van der Waals surface area contributed by atoms with Crippen LogP contribution in [-0.4, -0.2) is 20.7 Å². The number of rotatable bonds is 4. The molecule has 1 N–H and O–H groups in total. The van der Waals surface area contributed by atoms with Crippen LogP contribution >= 0.6 is 23.2 Å². The van der Waals surface area contributed by atoms with Crippen LogP contribution in [0.25, 0.3) is 17.1 Å². The molecule has 0 atom stereocenters. The quantitative estimate of drug-likeness (QED) is 0.419. The Kier molecular flexibility index (Phi) is 5.57. The topological polar surface area (TPSA) is 59.8 Å². The predicted molar refractivity (Wildman–Crippen MR) is 121 cm³/mol. The summed E-state index contributed by atoms with van der Waals surface area (Å²) in [5.41, 5.74) is 4.05. The molecule has 0 saturated carbocycles. The second kappa shape index (κ2) is 8.30. The number of aromatic nitrogens is 3. The van der Waals surface area contributed by atoms with Crippen molar-refractivity contribution in [2.75, 3.05) is 5.32 Å². The van der Waals surface area contributed by atoms with Gasteiger partial charge < -0.3 is 5.32 Å². The third-order valence-corrected chi connectivity index (χ3v) is 5.31. The van der Waals surface area contributed by atoms with Crippen molar-refractivity contribution in [3.8, 4) is 17.1 Å². The van der Waals surface area contributed by atoms with E-state index in [4.69, 9.17) is 23.2 Å². The highest BCUT2D eigenvalue weighted by Gasteiger charge is 2.20. The lowest BCUT2D eigenvalue weighted by molar-refractivity contribution is 0.101. The maximum Gasteiger partial charge on any atom is 0.295 e. The number of amides is 1. The first-order valence-corrected chi connectivity index (χ1v) is 10.0. The number of hydrogen-bond donors (Lipinski definition) is 1. The predicted octanol–water partition coefficient (Wildman–Crippen LogP) is 6.11. The molecule has 0 radical (unpaired) electrons. The zero-order valence-electron chi connectivity index (χ0n) is 16.4. The van der Waals surface area contributed by atoms with E-state index in [1.54, 1.807) is 22.9 Å². The minimum atomic E-state index is -0.425. The third kappa shape index (κ3) is 4.08. The number of carbonyl (C=O) groups excluding carboxylic acids is 1. The van der Waals surface area contributed by atoms with E-state index >= 15 is 0 Å². The maximum absolute atomic E-state index is 12.9. The minimum Gasteiger partial charge on any atom is -0.319 e. The number of halogens is 2. The molecule has 150 valence electrons. The van der Waals surface area contributed by atoms with Gasteiger partial charge in [0.1, 0.15) is 0 Å². The van der Waals surface area contributed by atoms with E-state index in [1.807, 2.05) is 62.4 Å². The van der Waals surface area contributed by atoms with Gasteiger partial charge in [-0.25, -0.2) is 9.67 Å². The van der Waals surface area contributed by atoms with Gasteiger partial charge in [-0.05, 0) is 49.2 Å². The van der Waals surface area contributed by atoms with E-state index in [0.29, 0.717) is 21.6 Å². The van der Waals surface area contributed by atoms with Gasteiger partial charge in [-0.2, -0.15) is 0 Å². The summed E-state index contributed by atoms with van der Waals surface area (Å²) >= 11 is 12.4. The summed E-state index contributed by atoms with van der Waals surface area (Å²) in [5.74, 6) is 0.170. The van der Waals surface area contributed by atoms with Crippen molar-refractivity contribution in [1.29, 1.82) is 0 Å². The minimum absolute atomic E-state index is 0.0462. The normalized spacial score (nSPS) is 10.8. The average Bonchev–Trinajstić information content (AvgIpc) is 3.18. The van der Waals surface area contributed by atoms with E-state index in [1.165, 1.54) is 0 Å². The standard InChI is InChI=1S/C23H18Cl2N4O/c1-14-9-11-18(13-19(14)25)26-23(30)21-27-22(16-6-4-3-5-7-16)29(28-21)20-12-17(24)10-8-15(20)2/h3-13H,1-2H3,(H,26,30). The van der Waals surface area contributed by atoms with Crippen LogP contribution < -0.4 is 5.32 Å². The Hall–Kier alpha value is -3.15. The first kappa shape index (κ1) is 20.1. The molecule has 0 spiro atoms. The van der Waals surface area contributed by atoms with Crippen molar-refractivity contribution >= 4 is 34.8 Å². The van der Waals surface area contributed by atoms with Crippen molar-refractivity contribution in [3.63, 3.8) is 0 Å². The van der Waals surface area contributed by atoms with Gasteiger partial charge in [0.05, 0.1) is 5.69 Å². The molecule has 0 unspecified atom stereocenters. The smallest absolute Gasteiger partial charge is 0.295 e. The number of nitrogens with zero attached hydrogens (tertiary/aromatic N) is 3. The van der Waals surface area contributed by atoms with Crippen LogP contribution in [0, 0.1) is 13.8 Å². The Balaban J connectivity index is 1.78. The number of anilines is 1. The zero-order chi connectivity index (χ0) is 21.3. The van der Waals surface area contributed by atoms with Crippen molar-refractivity contribution < 1.29 is 4.79 Å². The zero-order valence-corrected chi connectivity index (χ0v) is 17.9. The molecule has 3 aromatic carbocycles. The molecule has 5 nitrogen and oxygen atoms in total. The molecule has 0 bridgehead atoms. The Morgan fingerprint density at radius 3 is 2.40 bits per heavy atom. The van der Waals surface area contributed by atoms with Crippen LogP contribution in [0.15, 0.2) is 66.7 Å². The van der Waals surface area contributed by atoms with Gasteiger partial charge in [0.2, 0.25) is 5.82 Å². The summed E-state index contributed by atoms with van der Waals surface area (Å²) < 4.78 is 1.65. The highest BCUT2D eigenvalue weighted by atomic mass is 35.5. The summed E-state index contributed by atoms with van der Waals surface area (Å²) in [7, 11) is 0. The second-order valence-corrected chi connectivity index (χ2v) is 7.73.